The molecule has 1 fully saturated rings. The SMILES string of the molecule is CCNC(=NCc1ccc(S(=O)(=O)NC2CC2)cc1)NCCCOCc1ccco1. The van der Waals surface area contributed by atoms with E-state index in [0.717, 1.165) is 49.6 Å². The van der Waals surface area contributed by atoms with E-state index in [1.807, 2.05) is 19.1 Å². The summed E-state index contributed by atoms with van der Waals surface area (Å²) in [5.74, 6) is 1.54. The molecule has 1 aliphatic rings. The summed E-state index contributed by atoms with van der Waals surface area (Å²) in [6.07, 6.45) is 4.31. The van der Waals surface area contributed by atoms with Crippen LogP contribution in [0.1, 0.15) is 37.5 Å². The second-order valence-electron chi connectivity index (χ2n) is 7.15. The molecule has 0 aliphatic heterocycles. The molecular formula is C21H30N4O4S. The van der Waals surface area contributed by atoms with Crippen molar-refractivity contribution in [1.29, 1.82) is 0 Å². The molecule has 0 bridgehead atoms. The molecule has 164 valence electrons. The molecule has 3 N–H and O–H groups in total. The maximum atomic E-state index is 12.2. The van der Waals surface area contributed by atoms with Crippen molar-refractivity contribution >= 4 is 16.0 Å². The van der Waals surface area contributed by atoms with Crippen LogP contribution in [0.2, 0.25) is 0 Å². The highest BCUT2D eigenvalue weighted by Gasteiger charge is 2.27. The first kappa shape index (κ1) is 22.3. The zero-order chi connectivity index (χ0) is 21.2. The van der Waals surface area contributed by atoms with E-state index in [4.69, 9.17) is 9.15 Å². The van der Waals surface area contributed by atoms with Gasteiger partial charge in [0.05, 0.1) is 17.7 Å². The molecule has 1 saturated carbocycles. The molecule has 0 amide bonds. The van der Waals surface area contributed by atoms with Crippen LogP contribution < -0.4 is 15.4 Å². The summed E-state index contributed by atoms with van der Waals surface area (Å²) < 4.78 is 37.9. The number of nitrogens with one attached hydrogen (secondary N) is 3. The van der Waals surface area contributed by atoms with E-state index < -0.39 is 10.0 Å². The van der Waals surface area contributed by atoms with Gasteiger partial charge in [-0.1, -0.05) is 12.1 Å². The van der Waals surface area contributed by atoms with Gasteiger partial charge < -0.3 is 19.8 Å². The van der Waals surface area contributed by atoms with E-state index in [2.05, 4.69) is 20.3 Å². The smallest absolute Gasteiger partial charge is 0.240 e. The van der Waals surface area contributed by atoms with Crippen molar-refractivity contribution in [2.24, 2.45) is 4.99 Å². The summed E-state index contributed by atoms with van der Waals surface area (Å²) in [6.45, 7) is 5.05. The number of hydrogen-bond acceptors (Lipinski definition) is 5. The third kappa shape index (κ3) is 7.47. The average Bonchev–Trinajstić information content (AvgIpc) is 3.38. The number of aliphatic imine (C=N–C) groups is 1. The molecule has 0 unspecified atom stereocenters. The minimum atomic E-state index is -3.42. The highest BCUT2D eigenvalue weighted by atomic mass is 32.2. The Bertz CT molecular complexity index is 892. The lowest BCUT2D eigenvalue weighted by Crippen LogP contribution is -2.38. The molecule has 0 spiro atoms. The van der Waals surface area contributed by atoms with Gasteiger partial charge in [0.25, 0.3) is 0 Å². The van der Waals surface area contributed by atoms with Gasteiger partial charge in [0.2, 0.25) is 10.0 Å². The van der Waals surface area contributed by atoms with Crippen molar-refractivity contribution in [2.45, 2.75) is 50.3 Å². The van der Waals surface area contributed by atoms with E-state index in [0.29, 0.717) is 24.7 Å². The monoisotopic (exact) mass is 434 g/mol. The maximum absolute atomic E-state index is 12.2. The molecule has 1 aliphatic carbocycles. The number of benzene rings is 1. The van der Waals surface area contributed by atoms with Crippen LogP contribution in [0.5, 0.6) is 0 Å². The Labute approximate surface area is 178 Å². The predicted molar refractivity (Wildman–Crippen MR) is 116 cm³/mol. The van der Waals surface area contributed by atoms with Crippen LogP contribution in [0.15, 0.2) is 57.0 Å². The Morgan fingerprint density at radius 3 is 2.67 bits per heavy atom. The zero-order valence-electron chi connectivity index (χ0n) is 17.3. The van der Waals surface area contributed by atoms with Crippen molar-refractivity contribution in [1.82, 2.24) is 15.4 Å². The van der Waals surface area contributed by atoms with Crippen molar-refractivity contribution in [3.8, 4) is 0 Å². The van der Waals surface area contributed by atoms with E-state index in [9.17, 15) is 8.42 Å². The fourth-order valence-electron chi connectivity index (χ4n) is 2.72. The van der Waals surface area contributed by atoms with Crippen molar-refractivity contribution in [3.63, 3.8) is 0 Å². The average molecular weight is 435 g/mol. The van der Waals surface area contributed by atoms with Crippen LogP contribution in [-0.4, -0.2) is 40.1 Å². The molecule has 0 saturated heterocycles. The normalized spacial score (nSPS) is 14.6. The van der Waals surface area contributed by atoms with Crippen LogP contribution in [0.25, 0.3) is 0 Å². The Hall–Kier alpha value is -2.36. The fraction of sp³-hybridized carbons (Fsp3) is 0.476. The van der Waals surface area contributed by atoms with Gasteiger partial charge in [0.15, 0.2) is 5.96 Å². The predicted octanol–water partition coefficient (Wildman–Crippen LogP) is 2.38. The van der Waals surface area contributed by atoms with Gasteiger partial charge >= 0.3 is 0 Å². The molecule has 9 heteroatoms. The molecular weight excluding hydrogens is 404 g/mol. The van der Waals surface area contributed by atoms with Crippen molar-refractivity contribution in [3.05, 3.63) is 54.0 Å². The summed E-state index contributed by atoms with van der Waals surface area (Å²) in [7, 11) is -3.42. The van der Waals surface area contributed by atoms with Gasteiger partial charge in [-0.3, -0.25) is 0 Å². The van der Waals surface area contributed by atoms with Crippen LogP contribution in [0.3, 0.4) is 0 Å². The molecule has 1 heterocycles. The largest absolute Gasteiger partial charge is 0.467 e. The maximum Gasteiger partial charge on any atom is 0.240 e. The summed E-state index contributed by atoms with van der Waals surface area (Å²) in [6, 6.07) is 10.7. The molecule has 0 atom stereocenters. The second kappa shape index (κ2) is 11.1. The fourth-order valence-corrected chi connectivity index (χ4v) is 4.03. The van der Waals surface area contributed by atoms with E-state index >= 15 is 0 Å². The number of hydrogen-bond donors (Lipinski definition) is 3. The summed E-state index contributed by atoms with van der Waals surface area (Å²) in [4.78, 5) is 4.86. The van der Waals surface area contributed by atoms with Gasteiger partial charge in [-0.05, 0) is 56.0 Å². The minimum Gasteiger partial charge on any atom is -0.467 e. The first-order valence-corrected chi connectivity index (χ1v) is 11.8. The van der Waals surface area contributed by atoms with E-state index in [-0.39, 0.29) is 6.04 Å². The zero-order valence-corrected chi connectivity index (χ0v) is 18.1. The first-order chi connectivity index (χ1) is 14.6. The Morgan fingerprint density at radius 2 is 2.00 bits per heavy atom. The number of nitrogens with zero attached hydrogens (tertiary/aromatic N) is 1. The number of ether oxygens (including phenoxy) is 1. The van der Waals surface area contributed by atoms with E-state index in [1.165, 1.54) is 0 Å². The Balaban J connectivity index is 1.41. The topological polar surface area (TPSA) is 105 Å². The van der Waals surface area contributed by atoms with Crippen LogP contribution >= 0.6 is 0 Å². The third-order valence-electron chi connectivity index (χ3n) is 4.48. The van der Waals surface area contributed by atoms with E-state index in [1.54, 1.807) is 30.5 Å². The summed E-state index contributed by atoms with van der Waals surface area (Å²) >= 11 is 0. The quantitative estimate of drug-likeness (QED) is 0.269. The van der Waals surface area contributed by atoms with Gasteiger partial charge in [0.1, 0.15) is 12.4 Å². The molecule has 3 rings (SSSR count). The molecule has 1 aromatic heterocycles. The minimum absolute atomic E-state index is 0.101. The molecule has 0 radical (unpaired) electrons. The molecule has 30 heavy (non-hydrogen) atoms. The molecule has 2 aromatic rings. The van der Waals surface area contributed by atoms with Crippen molar-refractivity contribution in [2.75, 3.05) is 19.7 Å². The number of sulfonamides is 1. The lowest BCUT2D eigenvalue weighted by Gasteiger charge is -2.11. The van der Waals surface area contributed by atoms with Crippen LogP contribution in [0, 0.1) is 0 Å². The summed E-state index contributed by atoms with van der Waals surface area (Å²) in [5, 5.41) is 6.49. The highest BCUT2D eigenvalue weighted by molar-refractivity contribution is 7.89. The lowest BCUT2D eigenvalue weighted by molar-refractivity contribution is 0.105. The number of furan rings is 1. The third-order valence-corrected chi connectivity index (χ3v) is 6.02. The number of guanidine groups is 1. The van der Waals surface area contributed by atoms with Gasteiger partial charge in [0, 0.05) is 25.7 Å². The summed E-state index contributed by atoms with van der Waals surface area (Å²) in [5.41, 5.74) is 0.944. The molecule has 8 nitrogen and oxygen atoms in total. The van der Waals surface area contributed by atoms with Gasteiger partial charge in [-0.15, -0.1) is 0 Å². The van der Waals surface area contributed by atoms with Crippen LogP contribution in [0.4, 0.5) is 0 Å². The van der Waals surface area contributed by atoms with Crippen LogP contribution in [-0.2, 0) is 27.9 Å². The standard InChI is InChI=1S/C21H30N4O4S/c1-2-22-21(23-12-4-13-28-16-19-5-3-14-29-19)24-15-17-6-10-20(11-7-17)30(26,27)25-18-8-9-18/h3,5-7,10-11,14,18,25H,2,4,8-9,12-13,15-16H2,1H3,(H2,22,23,24). The van der Waals surface area contributed by atoms with Gasteiger partial charge in [-0.25, -0.2) is 18.1 Å². The highest BCUT2D eigenvalue weighted by Crippen LogP contribution is 2.22. The van der Waals surface area contributed by atoms with Gasteiger partial charge in [-0.2, -0.15) is 0 Å². The van der Waals surface area contributed by atoms with Crippen molar-refractivity contribution < 1.29 is 17.6 Å². The Morgan fingerprint density at radius 1 is 1.20 bits per heavy atom. The number of rotatable bonds is 12. The lowest BCUT2D eigenvalue weighted by atomic mass is 10.2. The Kier molecular flexibility index (Phi) is 8.30. The molecule has 1 aromatic carbocycles. The first-order valence-electron chi connectivity index (χ1n) is 10.3. The second-order valence-corrected chi connectivity index (χ2v) is 8.86.